The van der Waals surface area contributed by atoms with Gasteiger partial charge in [0.05, 0.1) is 0 Å². The lowest BCUT2D eigenvalue weighted by Gasteiger charge is -2.28. The third kappa shape index (κ3) is 2.91. The molecule has 0 heterocycles. The summed E-state index contributed by atoms with van der Waals surface area (Å²) in [7, 11) is 0. The number of amides is 1. The van der Waals surface area contributed by atoms with E-state index < -0.39 is 0 Å². The van der Waals surface area contributed by atoms with Crippen molar-refractivity contribution in [2.45, 2.75) is 51.4 Å². The van der Waals surface area contributed by atoms with Gasteiger partial charge in [0, 0.05) is 24.3 Å². The summed E-state index contributed by atoms with van der Waals surface area (Å²) in [5.74, 6) is 1.59. The predicted octanol–water partition coefficient (Wildman–Crippen LogP) is 3.09. The van der Waals surface area contributed by atoms with Crippen LogP contribution in [-0.2, 0) is 4.79 Å². The van der Waals surface area contributed by atoms with E-state index in [-0.39, 0.29) is 11.3 Å². The van der Waals surface area contributed by atoms with E-state index >= 15 is 0 Å². The summed E-state index contributed by atoms with van der Waals surface area (Å²) in [6.07, 6.45) is 9.43. The third-order valence-electron chi connectivity index (χ3n) is 4.31. The molecule has 0 spiro atoms. The van der Waals surface area contributed by atoms with Crippen molar-refractivity contribution in [1.29, 1.82) is 0 Å². The van der Waals surface area contributed by atoms with Gasteiger partial charge in [0.15, 0.2) is 0 Å². The molecule has 3 heteroatoms. The first kappa shape index (κ1) is 12.2. The Labute approximate surface area is 103 Å². The van der Waals surface area contributed by atoms with Gasteiger partial charge in [-0.2, -0.15) is 0 Å². The number of nitrogens with one attached hydrogen (secondary N) is 1. The summed E-state index contributed by atoms with van der Waals surface area (Å²) in [6, 6.07) is 0. The van der Waals surface area contributed by atoms with Gasteiger partial charge in [0.1, 0.15) is 0 Å². The van der Waals surface area contributed by atoms with Crippen molar-refractivity contribution in [1.82, 2.24) is 5.32 Å². The first-order valence-electron chi connectivity index (χ1n) is 6.57. The number of halogens is 1. The molecule has 0 aromatic carbocycles. The van der Waals surface area contributed by atoms with Crippen LogP contribution in [0.4, 0.5) is 0 Å². The normalized spacial score (nSPS) is 24.1. The van der Waals surface area contributed by atoms with Crippen molar-refractivity contribution in [2.24, 2.45) is 11.3 Å². The van der Waals surface area contributed by atoms with E-state index in [1.807, 2.05) is 0 Å². The second-order valence-electron chi connectivity index (χ2n) is 5.62. The maximum absolute atomic E-state index is 11.7. The number of alkyl halides is 1. The van der Waals surface area contributed by atoms with Gasteiger partial charge in [-0.3, -0.25) is 4.79 Å². The number of carbonyl (C=O) groups excluding carboxylic acids is 1. The van der Waals surface area contributed by atoms with Crippen LogP contribution < -0.4 is 5.32 Å². The molecule has 2 saturated carbocycles. The van der Waals surface area contributed by atoms with Crippen LogP contribution in [0.2, 0.25) is 0 Å². The molecule has 0 saturated heterocycles. The summed E-state index contributed by atoms with van der Waals surface area (Å²) in [5.41, 5.74) is 0.205. The molecule has 1 N–H and O–H groups in total. The summed E-state index contributed by atoms with van der Waals surface area (Å²) in [4.78, 5) is 11.7. The average molecular weight is 244 g/mol. The number of hydrogen-bond acceptors (Lipinski definition) is 1. The minimum Gasteiger partial charge on any atom is -0.355 e. The number of carbonyl (C=O) groups is 1. The Kier molecular flexibility index (Phi) is 4.12. The van der Waals surface area contributed by atoms with Gasteiger partial charge in [0.25, 0.3) is 0 Å². The zero-order valence-corrected chi connectivity index (χ0v) is 10.7. The van der Waals surface area contributed by atoms with Crippen molar-refractivity contribution in [2.75, 3.05) is 12.4 Å². The molecule has 2 fully saturated rings. The Bertz CT molecular complexity index is 244. The van der Waals surface area contributed by atoms with Crippen LogP contribution in [0.15, 0.2) is 0 Å². The van der Waals surface area contributed by atoms with Crippen molar-refractivity contribution in [3.8, 4) is 0 Å². The molecular formula is C13H22ClNO. The Balaban J connectivity index is 1.70. The van der Waals surface area contributed by atoms with Gasteiger partial charge in [-0.25, -0.2) is 0 Å². The lowest BCUT2D eigenvalue weighted by Crippen LogP contribution is -2.38. The Morgan fingerprint density at radius 3 is 2.44 bits per heavy atom. The quantitative estimate of drug-likeness (QED) is 0.739. The van der Waals surface area contributed by atoms with Crippen molar-refractivity contribution < 1.29 is 4.79 Å². The molecule has 2 aliphatic rings. The van der Waals surface area contributed by atoms with E-state index in [9.17, 15) is 4.79 Å². The van der Waals surface area contributed by atoms with Gasteiger partial charge in [-0.05, 0) is 31.6 Å². The molecule has 16 heavy (non-hydrogen) atoms. The average Bonchev–Trinajstić information content (AvgIpc) is 2.70. The SMILES string of the molecule is O=C(CC1CCC1)NCC1(CCl)CCCC1. The van der Waals surface area contributed by atoms with Gasteiger partial charge in [0.2, 0.25) is 5.91 Å². The third-order valence-corrected chi connectivity index (χ3v) is 4.87. The van der Waals surface area contributed by atoms with Crippen LogP contribution in [0, 0.1) is 11.3 Å². The lowest BCUT2D eigenvalue weighted by molar-refractivity contribution is -0.123. The highest BCUT2D eigenvalue weighted by molar-refractivity contribution is 6.18. The second kappa shape index (κ2) is 5.39. The van der Waals surface area contributed by atoms with E-state index in [1.54, 1.807) is 0 Å². The maximum atomic E-state index is 11.7. The van der Waals surface area contributed by atoms with E-state index in [1.165, 1.54) is 44.9 Å². The molecule has 2 aliphatic carbocycles. The molecule has 1 amide bonds. The monoisotopic (exact) mass is 243 g/mol. The Morgan fingerprint density at radius 2 is 1.94 bits per heavy atom. The van der Waals surface area contributed by atoms with Crippen LogP contribution in [0.5, 0.6) is 0 Å². The number of rotatable bonds is 5. The minimum absolute atomic E-state index is 0.205. The maximum Gasteiger partial charge on any atom is 0.220 e. The second-order valence-corrected chi connectivity index (χ2v) is 5.89. The fourth-order valence-electron chi connectivity index (χ4n) is 2.80. The molecule has 0 bridgehead atoms. The van der Waals surface area contributed by atoms with Gasteiger partial charge < -0.3 is 5.32 Å². The van der Waals surface area contributed by atoms with Crippen LogP contribution in [-0.4, -0.2) is 18.3 Å². The van der Waals surface area contributed by atoms with Crippen molar-refractivity contribution in [3.63, 3.8) is 0 Å². The predicted molar refractivity (Wildman–Crippen MR) is 66.6 cm³/mol. The summed E-state index contributed by atoms with van der Waals surface area (Å²) in [6.45, 7) is 0.794. The molecule has 0 aromatic rings. The topological polar surface area (TPSA) is 29.1 Å². The molecule has 0 radical (unpaired) electrons. The molecule has 2 rings (SSSR count). The van der Waals surface area contributed by atoms with E-state index in [0.29, 0.717) is 11.8 Å². The number of hydrogen-bond donors (Lipinski definition) is 1. The molecule has 0 aliphatic heterocycles. The van der Waals surface area contributed by atoms with E-state index in [2.05, 4.69) is 5.32 Å². The van der Waals surface area contributed by atoms with Gasteiger partial charge >= 0.3 is 0 Å². The molecule has 2 nitrogen and oxygen atoms in total. The smallest absolute Gasteiger partial charge is 0.220 e. The Hall–Kier alpha value is -0.240. The van der Waals surface area contributed by atoms with E-state index in [0.717, 1.165) is 13.0 Å². The molecule has 0 aromatic heterocycles. The van der Waals surface area contributed by atoms with Crippen molar-refractivity contribution in [3.05, 3.63) is 0 Å². The summed E-state index contributed by atoms with van der Waals surface area (Å²) >= 11 is 6.04. The summed E-state index contributed by atoms with van der Waals surface area (Å²) < 4.78 is 0. The first-order chi connectivity index (χ1) is 7.74. The van der Waals surface area contributed by atoms with Crippen molar-refractivity contribution >= 4 is 17.5 Å². The van der Waals surface area contributed by atoms with Crippen LogP contribution in [0.25, 0.3) is 0 Å². The van der Waals surface area contributed by atoms with E-state index in [4.69, 9.17) is 11.6 Å². The highest BCUT2D eigenvalue weighted by atomic mass is 35.5. The fourth-order valence-corrected chi connectivity index (χ4v) is 3.16. The fraction of sp³-hybridized carbons (Fsp3) is 0.923. The zero-order valence-electron chi connectivity index (χ0n) is 9.93. The highest BCUT2D eigenvalue weighted by Gasteiger charge is 2.33. The standard InChI is InChI=1S/C13H22ClNO/c14-9-13(6-1-2-7-13)10-15-12(16)8-11-4-3-5-11/h11H,1-10H2,(H,15,16). The molecular weight excluding hydrogens is 222 g/mol. The molecule has 92 valence electrons. The lowest BCUT2D eigenvalue weighted by atomic mass is 9.82. The molecule has 0 atom stereocenters. The van der Waals surface area contributed by atoms with Crippen LogP contribution in [0.1, 0.15) is 51.4 Å². The minimum atomic E-state index is 0.205. The van der Waals surface area contributed by atoms with Gasteiger partial charge in [-0.1, -0.05) is 19.3 Å². The van der Waals surface area contributed by atoms with Crippen LogP contribution in [0.3, 0.4) is 0 Å². The van der Waals surface area contributed by atoms with Crippen LogP contribution >= 0.6 is 11.6 Å². The largest absolute Gasteiger partial charge is 0.355 e. The zero-order chi connectivity index (χ0) is 11.4. The summed E-state index contributed by atoms with van der Waals surface area (Å²) in [5, 5.41) is 3.09. The Morgan fingerprint density at radius 1 is 1.25 bits per heavy atom. The first-order valence-corrected chi connectivity index (χ1v) is 7.10. The highest BCUT2D eigenvalue weighted by Crippen LogP contribution is 2.38. The van der Waals surface area contributed by atoms with Gasteiger partial charge in [-0.15, -0.1) is 11.6 Å². The molecule has 0 unspecified atom stereocenters.